The molecule has 0 spiro atoms. The van der Waals surface area contributed by atoms with Gasteiger partial charge < -0.3 is 10.2 Å². The Balaban J connectivity index is 2.20. The average molecular weight is 297 g/mol. The molecule has 0 unspecified atom stereocenters. The van der Waals surface area contributed by atoms with Gasteiger partial charge in [0.1, 0.15) is 11.3 Å². The summed E-state index contributed by atoms with van der Waals surface area (Å²) in [5, 5.41) is 0.576. The molecule has 3 nitrogen and oxygen atoms in total. The SMILES string of the molecule is Nc1ccc(-c2nc3cc(F)cc(Cl)c3o2)cc1Cl. The largest absolute Gasteiger partial charge is 0.435 e. The van der Waals surface area contributed by atoms with E-state index in [-0.39, 0.29) is 5.02 Å². The van der Waals surface area contributed by atoms with E-state index in [1.807, 2.05) is 0 Å². The first kappa shape index (κ1) is 12.3. The minimum absolute atomic E-state index is 0.176. The average Bonchev–Trinajstić information content (AvgIpc) is 2.76. The second-order valence-electron chi connectivity index (χ2n) is 3.99. The van der Waals surface area contributed by atoms with Crippen molar-refractivity contribution in [3.8, 4) is 11.5 Å². The minimum Gasteiger partial charge on any atom is -0.435 e. The fourth-order valence-electron chi connectivity index (χ4n) is 1.74. The summed E-state index contributed by atoms with van der Waals surface area (Å²) in [6, 6.07) is 7.43. The standard InChI is InChI=1S/C13H7Cl2FN2O/c14-8-3-6(1-2-10(8)17)13-18-11-5-7(16)4-9(15)12(11)19-13/h1-5H,17H2. The van der Waals surface area contributed by atoms with Gasteiger partial charge in [-0.3, -0.25) is 0 Å². The summed E-state index contributed by atoms with van der Waals surface area (Å²) in [4.78, 5) is 4.18. The molecule has 3 aromatic rings. The molecule has 1 heterocycles. The molecule has 0 aliphatic carbocycles. The number of anilines is 1. The Bertz CT molecular complexity index is 786. The molecule has 1 aromatic heterocycles. The second kappa shape index (κ2) is 4.40. The number of hydrogen-bond donors (Lipinski definition) is 1. The van der Waals surface area contributed by atoms with Gasteiger partial charge in [-0.15, -0.1) is 0 Å². The van der Waals surface area contributed by atoms with Crippen molar-refractivity contribution in [2.75, 3.05) is 5.73 Å². The molecule has 2 N–H and O–H groups in total. The van der Waals surface area contributed by atoms with Crippen molar-refractivity contribution in [2.24, 2.45) is 0 Å². The molecule has 0 radical (unpaired) electrons. The maximum atomic E-state index is 13.2. The van der Waals surface area contributed by atoms with E-state index in [1.54, 1.807) is 18.2 Å². The summed E-state index contributed by atoms with van der Waals surface area (Å²) in [6.45, 7) is 0. The zero-order chi connectivity index (χ0) is 13.6. The van der Waals surface area contributed by atoms with Gasteiger partial charge in [0.15, 0.2) is 5.58 Å². The maximum Gasteiger partial charge on any atom is 0.227 e. The summed E-state index contributed by atoms with van der Waals surface area (Å²) < 4.78 is 18.7. The van der Waals surface area contributed by atoms with Gasteiger partial charge in [0.2, 0.25) is 5.89 Å². The Morgan fingerprint density at radius 3 is 2.63 bits per heavy atom. The van der Waals surface area contributed by atoms with Gasteiger partial charge in [0.25, 0.3) is 0 Å². The van der Waals surface area contributed by atoms with Crippen molar-refractivity contribution >= 4 is 40.0 Å². The molecule has 0 bridgehead atoms. The maximum absolute atomic E-state index is 13.2. The van der Waals surface area contributed by atoms with E-state index in [2.05, 4.69) is 4.98 Å². The molecule has 3 rings (SSSR count). The lowest BCUT2D eigenvalue weighted by molar-refractivity contribution is 0.614. The van der Waals surface area contributed by atoms with Gasteiger partial charge in [0, 0.05) is 11.6 Å². The van der Waals surface area contributed by atoms with E-state index in [0.29, 0.717) is 33.3 Å². The van der Waals surface area contributed by atoms with Crippen LogP contribution in [0.4, 0.5) is 10.1 Å². The first-order valence-corrected chi connectivity index (χ1v) is 6.11. The third kappa shape index (κ3) is 2.13. The molecular formula is C13H7Cl2FN2O. The van der Waals surface area contributed by atoms with Crippen molar-refractivity contribution in [2.45, 2.75) is 0 Å². The van der Waals surface area contributed by atoms with Gasteiger partial charge >= 0.3 is 0 Å². The summed E-state index contributed by atoms with van der Waals surface area (Å²) in [5.74, 6) is -0.155. The summed E-state index contributed by atoms with van der Waals surface area (Å²) >= 11 is 11.8. The monoisotopic (exact) mass is 296 g/mol. The van der Waals surface area contributed by atoms with Crippen LogP contribution in [-0.4, -0.2) is 4.98 Å². The smallest absolute Gasteiger partial charge is 0.227 e. The summed E-state index contributed by atoms with van der Waals surface area (Å²) in [5.41, 5.74) is 7.43. The highest BCUT2D eigenvalue weighted by Crippen LogP contribution is 2.32. The molecule has 0 aliphatic heterocycles. The van der Waals surface area contributed by atoms with Crippen LogP contribution in [0.2, 0.25) is 10.0 Å². The number of nitrogens with zero attached hydrogens (tertiary/aromatic N) is 1. The number of fused-ring (bicyclic) bond motifs is 1. The Morgan fingerprint density at radius 1 is 1.11 bits per heavy atom. The lowest BCUT2D eigenvalue weighted by Crippen LogP contribution is -1.86. The first-order valence-electron chi connectivity index (χ1n) is 5.35. The van der Waals surface area contributed by atoms with Crippen LogP contribution < -0.4 is 5.73 Å². The highest BCUT2D eigenvalue weighted by molar-refractivity contribution is 6.34. The number of nitrogens with two attached hydrogens (primary N) is 1. The van der Waals surface area contributed by atoms with Crippen LogP contribution in [0.1, 0.15) is 0 Å². The number of halogens is 3. The zero-order valence-electron chi connectivity index (χ0n) is 9.45. The molecule has 0 fully saturated rings. The van der Waals surface area contributed by atoms with Gasteiger partial charge in [-0.1, -0.05) is 23.2 Å². The van der Waals surface area contributed by atoms with Crippen LogP contribution in [0.15, 0.2) is 34.7 Å². The predicted octanol–water partition coefficient (Wildman–Crippen LogP) is 4.52. The van der Waals surface area contributed by atoms with E-state index in [1.165, 1.54) is 12.1 Å². The van der Waals surface area contributed by atoms with E-state index in [0.717, 1.165) is 0 Å². The number of benzene rings is 2. The summed E-state index contributed by atoms with van der Waals surface area (Å²) in [7, 11) is 0. The Labute approximate surface area is 117 Å². The van der Waals surface area contributed by atoms with Gasteiger partial charge in [-0.25, -0.2) is 9.37 Å². The summed E-state index contributed by atoms with van der Waals surface area (Å²) in [6.07, 6.45) is 0. The molecule has 0 atom stereocenters. The minimum atomic E-state index is -0.465. The van der Waals surface area contributed by atoms with Gasteiger partial charge in [-0.2, -0.15) is 0 Å². The normalized spacial score (nSPS) is 11.1. The lowest BCUT2D eigenvalue weighted by atomic mass is 10.2. The Morgan fingerprint density at radius 2 is 1.89 bits per heavy atom. The van der Waals surface area contributed by atoms with Gasteiger partial charge in [0.05, 0.1) is 15.7 Å². The lowest BCUT2D eigenvalue weighted by Gasteiger charge is -1.99. The number of nitrogen functional groups attached to an aromatic ring is 1. The van der Waals surface area contributed by atoms with Crippen molar-refractivity contribution in [1.29, 1.82) is 0 Å². The van der Waals surface area contributed by atoms with E-state index >= 15 is 0 Å². The van der Waals surface area contributed by atoms with Crippen LogP contribution in [0.3, 0.4) is 0 Å². The van der Waals surface area contributed by atoms with Crippen molar-refractivity contribution in [1.82, 2.24) is 4.98 Å². The quantitative estimate of drug-likeness (QED) is 0.672. The molecule has 96 valence electrons. The molecular weight excluding hydrogens is 290 g/mol. The number of oxazole rings is 1. The molecule has 0 saturated heterocycles. The third-order valence-corrected chi connectivity index (χ3v) is 3.26. The highest BCUT2D eigenvalue weighted by Gasteiger charge is 2.13. The first-order chi connectivity index (χ1) is 9.04. The topological polar surface area (TPSA) is 52.0 Å². The van der Waals surface area contributed by atoms with Crippen LogP contribution in [-0.2, 0) is 0 Å². The van der Waals surface area contributed by atoms with Crippen LogP contribution in [0, 0.1) is 5.82 Å². The van der Waals surface area contributed by atoms with Gasteiger partial charge in [-0.05, 0) is 24.3 Å². The van der Waals surface area contributed by atoms with Crippen LogP contribution in [0.25, 0.3) is 22.6 Å². The predicted molar refractivity (Wildman–Crippen MR) is 73.8 cm³/mol. The number of hydrogen-bond acceptors (Lipinski definition) is 3. The highest BCUT2D eigenvalue weighted by atomic mass is 35.5. The van der Waals surface area contributed by atoms with E-state index in [4.69, 9.17) is 33.4 Å². The fraction of sp³-hybridized carbons (Fsp3) is 0. The fourth-order valence-corrected chi connectivity index (χ4v) is 2.16. The van der Waals surface area contributed by atoms with Crippen molar-refractivity contribution in [3.63, 3.8) is 0 Å². The third-order valence-electron chi connectivity index (χ3n) is 2.66. The van der Waals surface area contributed by atoms with Crippen molar-refractivity contribution in [3.05, 3.63) is 46.2 Å². The molecule has 0 amide bonds. The molecule has 19 heavy (non-hydrogen) atoms. The molecule has 0 saturated carbocycles. The second-order valence-corrected chi connectivity index (χ2v) is 4.81. The number of aromatic nitrogens is 1. The van der Waals surface area contributed by atoms with E-state index in [9.17, 15) is 4.39 Å². The van der Waals surface area contributed by atoms with E-state index < -0.39 is 5.82 Å². The van der Waals surface area contributed by atoms with Crippen LogP contribution >= 0.6 is 23.2 Å². The van der Waals surface area contributed by atoms with Crippen molar-refractivity contribution < 1.29 is 8.81 Å². The molecule has 6 heteroatoms. The Kier molecular flexibility index (Phi) is 2.84. The number of rotatable bonds is 1. The van der Waals surface area contributed by atoms with Crippen LogP contribution in [0.5, 0.6) is 0 Å². The molecule has 2 aromatic carbocycles. The molecule has 0 aliphatic rings. The zero-order valence-corrected chi connectivity index (χ0v) is 11.0. The Hall–Kier alpha value is -1.78.